The first kappa shape index (κ1) is 16.1. The zero-order chi connectivity index (χ0) is 14.3. The maximum Gasteiger partial charge on any atom is 0.314 e. The van der Waals surface area contributed by atoms with Gasteiger partial charge in [0.25, 0.3) is 0 Å². The zero-order valence-corrected chi connectivity index (χ0v) is 12.5. The van der Waals surface area contributed by atoms with E-state index in [4.69, 9.17) is 5.11 Å². The van der Waals surface area contributed by atoms with Gasteiger partial charge in [0.1, 0.15) is 0 Å². The van der Waals surface area contributed by atoms with Gasteiger partial charge in [-0.1, -0.05) is 13.3 Å². The number of nitrogens with one attached hydrogen (secondary N) is 2. The third-order valence-corrected chi connectivity index (χ3v) is 4.47. The Balaban J connectivity index is 2.21. The van der Waals surface area contributed by atoms with Gasteiger partial charge in [0.2, 0.25) is 0 Å². The number of carboxylic acids is 1. The highest BCUT2D eigenvalue weighted by Crippen LogP contribution is 2.31. The van der Waals surface area contributed by atoms with Crippen LogP contribution in [0.2, 0.25) is 0 Å². The number of carboxylic acid groups (broad SMARTS) is 1. The Morgan fingerprint density at radius 3 is 2.74 bits per heavy atom. The molecule has 6 heteroatoms. The molecule has 1 fully saturated rings. The minimum atomic E-state index is -0.738. The zero-order valence-electron chi connectivity index (χ0n) is 11.6. The van der Waals surface area contributed by atoms with Gasteiger partial charge in [-0.2, -0.15) is 11.8 Å². The molecular weight excluding hydrogens is 264 g/mol. The van der Waals surface area contributed by atoms with E-state index < -0.39 is 5.97 Å². The van der Waals surface area contributed by atoms with E-state index in [9.17, 15) is 9.59 Å². The lowest BCUT2D eigenvalue weighted by Gasteiger charge is -2.17. The molecule has 0 radical (unpaired) electrons. The summed E-state index contributed by atoms with van der Waals surface area (Å²) < 4.78 is 0. The number of hydrogen-bond donors (Lipinski definition) is 3. The largest absolute Gasteiger partial charge is 0.481 e. The number of urea groups is 1. The Morgan fingerprint density at radius 1 is 1.37 bits per heavy atom. The molecule has 1 aliphatic carbocycles. The molecule has 19 heavy (non-hydrogen) atoms. The van der Waals surface area contributed by atoms with Crippen LogP contribution < -0.4 is 10.6 Å². The van der Waals surface area contributed by atoms with Crippen molar-refractivity contribution in [2.75, 3.05) is 25.1 Å². The summed E-state index contributed by atoms with van der Waals surface area (Å²) in [6.07, 6.45) is 4.60. The van der Waals surface area contributed by atoms with Crippen molar-refractivity contribution in [1.29, 1.82) is 0 Å². The Morgan fingerprint density at radius 2 is 2.11 bits per heavy atom. The summed E-state index contributed by atoms with van der Waals surface area (Å²) in [6.45, 7) is 3.20. The topological polar surface area (TPSA) is 78.4 Å². The van der Waals surface area contributed by atoms with Crippen molar-refractivity contribution in [2.24, 2.45) is 17.8 Å². The third kappa shape index (κ3) is 5.72. The molecule has 3 unspecified atom stereocenters. The van der Waals surface area contributed by atoms with E-state index >= 15 is 0 Å². The van der Waals surface area contributed by atoms with Crippen molar-refractivity contribution < 1.29 is 14.7 Å². The van der Waals surface area contributed by atoms with Crippen molar-refractivity contribution >= 4 is 23.8 Å². The predicted octanol–water partition coefficient (Wildman–Crippen LogP) is 1.79. The molecule has 0 saturated heterocycles. The van der Waals surface area contributed by atoms with Crippen molar-refractivity contribution in [3.63, 3.8) is 0 Å². The number of carbonyl (C=O) groups excluding carboxylic acids is 1. The van der Waals surface area contributed by atoms with Crippen LogP contribution in [0.1, 0.15) is 26.2 Å². The maximum atomic E-state index is 11.6. The summed E-state index contributed by atoms with van der Waals surface area (Å²) in [6, 6.07) is -0.191. The molecule has 0 aliphatic heterocycles. The molecular formula is C13H24N2O3S. The number of hydrogen-bond acceptors (Lipinski definition) is 3. The van der Waals surface area contributed by atoms with Crippen LogP contribution in [0, 0.1) is 17.8 Å². The summed E-state index contributed by atoms with van der Waals surface area (Å²) in [4.78, 5) is 22.6. The van der Waals surface area contributed by atoms with Crippen LogP contribution in [0.15, 0.2) is 0 Å². The van der Waals surface area contributed by atoms with Gasteiger partial charge < -0.3 is 15.7 Å². The molecule has 0 heterocycles. The van der Waals surface area contributed by atoms with Crippen LogP contribution in [0.25, 0.3) is 0 Å². The second-order valence-corrected chi connectivity index (χ2v) is 6.20. The van der Waals surface area contributed by atoms with E-state index in [0.717, 1.165) is 25.0 Å². The highest BCUT2D eigenvalue weighted by atomic mass is 32.2. The average molecular weight is 288 g/mol. The summed E-state index contributed by atoms with van der Waals surface area (Å²) in [5, 5.41) is 14.7. The number of amides is 2. The Bertz CT molecular complexity index is 312. The molecule has 110 valence electrons. The lowest BCUT2D eigenvalue weighted by atomic mass is 9.96. The lowest BCUT2D eigenvalue weighted by Crippen LogP contribution is -2.41. The first-order chi connectivity index (χ1) is 9.04. The van der Waals surface area contributed by atoms with Crippen LogP contribution in [0.4, 0.5) is 4.79 Å². The van der Waals surface area contributed by atoms with Crippen LogP contribution in [-0.2, 0) is 4.79 Å². The predicted molar refractivity (Wildman–Crippen MR) is 77.4 cm³/mol. The molecule has 0 spiro atoms. The van der Waals surface area contributed by atoms with Gasteiger partial charge in [-0.15, -0.1) is 0 Å². The molecule has 0 aromatic heterocycles. The van der Waals surface area contributed by atoms with Gasteiger partial charge >= 0.3 is 12.0 Å². The highest BCUT2D eigenvalue weighted by molar-refractivity contribution is 7.98. The average Bonchev–Trinajstić information content (AvgIpc) is 2.82. The molecule has 1 aliphatic rings. The van der Waals surface area contributed by atoms with Crippen molar-refractivity contribution in [3.05, 3.63) is 0 Å². The molecule has 2 amide bonds. The molecule has 1 rings (SSSR count). The van der Waals surface area contributed by atoms with Gasteiger partial charge in [-0.05, 0) is 36.7 Å². The minimum Gasteiger partial charge on any atom is -0.481 e. The second kappa shape index (κ2) is 8.30. The standard InChI is InChI=1S/C13H24N2O3S/c1-9(8-19-2)6-14-13(18)15-7-10-4-3-5-11(10)12(16)17/h9-11H,3-8H2,1-2H3,(H,16,17)(H2,14,15,18). The normalized spacial score (nSPS) is 23.9. The number of carbonyl (C=O) groups is 2. The van der Waals surface area contributed by atoms with Gasteiger partial charge in [0, 0.05) is 13.1 Å². The van der Waals surface area contributed by atoms with Crippen LogP contribution in [0.5, 0.6) is 0 Å². The fraction of sp³-hybridized carbons (Fsp3) is 0.846. The quantitative estimate of drug-likeness (QED) is 0.667. The number of thioether (sulfide) groups is 1. The van der Waals surface area contributed by atoms with E-state index in [2.05, 4.69) is 17.6 Å². The van der Waals surface area contributed by atoms with E-state index in [0.29, 0.717) is 19.0 Å². The van der Waals surface area contributed by atoms with Gasteiger partial charge in [0.05, 0.1) is 5.92 Å². The van der Waals surface area contributed by atoms with Crippen LogP contribution in [-0.4, -0.2) is 42.2 Å². The van der Waals surface area contributed by atoms with Crippen LogP contribution >= 0.6 is 11.8 Å². The molecule has 0 bridgehead atoms. The fourth-order valence-corrected chi connectivity index (χ4v) is 3.19. The molecule has 0 aromatic carbocycles. The smallest absolute Gasteiger partial charge is 0.314 e. The van der Waals surface area contributed by atoms with Gasteiger partial charge in [-0.3, -0.25) is 4.79 Å². The minimum absolute atomic E-state index is 0.0758. The third-order valence-electron chi connectivity index (χ3n) is 3.56. The number of aliphatic carboxylic acids is 1. The molecule has 5 nitrogen and oxygen atoms in total. The van der Waals surface area contributed by atoms with Crippen molar-refractivity contribution in [3.8, 4) is 0 Å². The Kier molecular flexibility index (Phi) is 7.05. The first-order valence-electron chi connectivity index (χ1n) is 6.78. The summed E-state index contributed by atoms with van der Waals surface area (Å²) >= 11 is 1.76. The van der Waals surface area contributed by atoms with E-state index in [1.54, 1.807) is 11.8 Å². The number of rotatable bonds is 7. The Labute approximate surface area is 118 Å². The van der Waals surface area contributed by atoms with Crippen LogP contribution in [0.3, 0.4) is 0 Å². The van der Waals surface area contributed by atoms with Gasteiger partial charge in [0.15, 0.2) is 0 Å². The SMILES string of the molecule is CSCC(C)CNC(=O)NCC1CCCC1C(=O)O. The van der Waals surface area contributed by atoms with Crippen molar-refractivity contribution in [2.45, 2.75) is 26.2 Å². The van der Waals surface area contributed by atoms with Gasteiger partial charge in [-0.25, -0.2) is 4.79 Å². The Hall–Kier alpha value is -0.910. The fourth-order valence-electron chi connectivity index (χ4n) is 2.50. The van der Waals surface area contributed by atoms with E-state index in [1.807, 2.05) is 6.26 Å². The highest BCUT2D eigenvalue weighted by Gasteiger charge is 2.32. The first-order valence-corrected chi connectivity index (χ1v) is 8.17. The summed E-state index contributed by atoms with van der Waals surface area (Å²) in [7, 11) is 0. The van der Waals surface area contributed by atoms with E-state index in [1.165, 1.54) is 0 Å². The maximum absolute atomic E-state index is 11.6. The molecule has 0 aromatic rings. The lowest BCUT2D eigenvalue weighted by molar-refractivity contribution is -0.142. The monoisotopic (exact) mass is 288 g/mol. The summed E-state index contributed by atoms with van der Waals surface area (Å²) in [5.74, 6) is 0.504. The van der Waals surface area contributed by atoms with E-state index in [-0.39, 0.29) is 17.9 Å². The summed E-state index contributed by atoms with van der Waals surface area (Å²) in [5.41, 5.74) is 0. The second-order valence-electron chi connectivity index (χ2n) is 5.29. The van der Waals surface area contributed by atoms with Crippen molar-refractivity contribution in [1.82, 2.24) is 10.6 Å². The molecule has 1 saturated carbocycles. The molecule has 3 N–H and O–H groups in total. The molecule has 3 atom stereocenters.